The molecule has 8 heteroatoms. The van der Waals surface area contributed by atoms with Gasteiger partial charge in [0.15, 0.2) is 6.61 Å². The zero-order valence-electron chi connectivity index (χ0n) is 17.0. The van der Waals surface area contributed by atoms with Gasteiger partial charge in [-0.25, -0.2) is 9.59 Å². The van der Waals surface area contributed by atoms with Gasteiger partial charge in [-0.2, -0.15) is 0 Å². The summed E-state index contributed by atoms with van der Waals surface area (Å²) < 4.78 is 10.2. The fourth-order valence-electron chi connectivity index (χ4n) is 2.72. The average molecular weight is 456 g/mol. The maximum Gasteiger partial charge on any atom is 0.341 e. The topological polar surface area (TPSA) is 81.7 Å². The van der Waals surface area contributed by atoms with E-state index in [4.69, 9.17) is 9.47 Å². The molecular formula is C23H21NO5S2. The lowest BCUT2D eigenvalue weighted by Gasteiger charge is -2.07. The highest BCUT2D eigenvalue weighted by Crippen LogP contribution is 2.36. The first kappa shape index (κ1) is 22.6. The molecule has 0 aliphatic heterocycles. The summed E-state index contributed by atoms with van der Waals surface area (Å²) in [5, 5.41) is 3.02. The zero-order chi connectivity index (χ0) is 22.2. The summed E-state index contributed by atoms with van der Waals surface area (Å²) >= 11 is 2.76. The molecule has 0 fully saturated rings. The summed E-state index contributed by atoms with van der Waals surface area (Å²) in [4.78, 5) is 38.7. The molecule has 1 amide bonds. The van der Waals surface area contributed by atoms with Gasteiger partial charge in [-0.3, -0.25) is 4.79 Å². The van der Waals surface area contributed by atoms with Crippen LogP contribution in [0.15, 0.2) is 65.6 Å². The molecule has 31 heavy (non-hydrogen) atoms. The molecule has 0 saturated heterocycles. The lowest BCUT2D eigenvalue weighted by Crippen LogP contribution is -2.21. The van der Waals surface area contributed by atoms with Gasteiger partial charge in [0.05, 0.1) is 17.7 Å². The third-order valence-electron chi connectivity index (χ3n) is 4.18. The highest BCUT2D eigenvalue weighted by Gasteiger charge is 2.20. The quantitative estimate of drug-likeness (QED) is 0.376. The first-order valence-electron chi connectivity index (χ1n) is 9.49. The minimum atomic E-state index is -0.590. The van der Waals surface area contributed by atoms with E-state index in [1.165, 1.54) is 23.1 Å². The predicted octanol–water partition coefficient (Wildman–Crippen LogP) is 5.11. The Balaban J connectivity index is 1.71. The van der Waals surface area contributed by atoms with Crippen LogP contribution in [0.1, 0.15) is 27.6 Å². The Hall–Kier alpha value is -3.10. The summed E-state index contributed by atoms with van der Waals surface area (Å²) in [6.07, 6.45) is 1.91. The average Bonchev–Trinajstić information content (AvgIpc) is 3.22. The van der Waals surface area contributed by atoms with Crippen LogP contribution in [0.2, 0.25) is 0 Å². The van der Waals surface area contributed by atoms with Crippen LogP contribution in [-0.4, -0.2) is 37.3 Å². The van der Waals surface area contributed by atoms with E-state index >= 15 is 0 Å². The normalized spacial score (nSPS) is 10.4. The van der Waals surface area contributed by atoms with Crippen LogP contribution in [0.3, 0.4) is 0 Å². The zero-order valence-corrected chi connectivity index (χ0v) is 18.7. The molecular weight excluding hydrogens is 434 g/mol. The molecule has 160 valence electrons. The first-order valence-corrected chi connectivity index (χ1v) is 11.5. The fraction of sp³-hybridized carbons (Fsp3) is 0.174. The van der Waals surface area contributed by atoms with E-state index in [-0.39, 0.29) is 12.2 Å². The van der Waals surface area contributed by atoms with E-state index in [1.54, 1.807) is 31.2 Å². The first-order chi connectivity index (χ1) is 15.0. The molecule has 0 saturated carbocycles. The molecule has 2 aromatic carbocycles. The van der Waals surface area contributed by atoms with Gasteiger partial charge in [0, 0.05) is 9.77 Å². The van der Waals surface area contributed by atoms with Crippen LogP contribution in [0.25, 0.3) is 10.4 Å². The highest BCUT2D eigenvalue weighted by molar-refractivity contribution is 7.98. The maximum absolute atomic E-state index is 12.4. The van der Waals surface area contributed by atoms with Gasteiger partial charge in [-0.15, -0.1) is 23.1 Å². The van der Waals surface area contributed by atoms with Crippen molar-refractivity contribution in [2.24, 2.45) is 0 Å². The molecule has 0 aliphatic rings. The van der Waals surface area contributed by atoms with Gasteiger partial charge in [0.1, 0.15) is 5.00 Å². The molecule has 3 aromatic rings. The molecule has 0 aliphatic carbocycles. The molecule has 1 heterocycles. The van der Waals surface area contributed by atoms with Crippen molar-refractivity contribution in [3.8, 4) is 10.4 Å². The summed E-state index contributed by atoms with van der Waals surface area (Å²) in [5.74, 6) is -1.66. The van der Waals surface area contributed by atoms with Gasteiger partial charge in [-0.05, 0) is 43.0 Å². The van der Waals surface area contributed by atoms with E-state index in [0.717, 1.165) is 15.3 Å². The Morgan fingerprint density at radius 2 is 1.74 bits per heavy atom. The molecule has 0 atom stereocenters. The number of carbonyl (C=O) groups is 3. The highest BCUT2D eigenvalue weighted by atomic mass is 32.2. The van der Waals surface area contributed by atoms with Crippen molar-refractivity contribution >= 4 is 45.9 Å². The standard InChI is InChI=1S/C23H21NO5S2/c1-3-28-23(27)18-13-19(15-8-5-4-6-9-15)31-21(18)24-20(25)14-29-22(26)16-10-7-11-17(12-16)30-2/h4-13H,3,14H2,1-2H3,(H,24,25). The number of thiophene rings is 1. The SMILES string of the molecule is CCOC(=O)c1cc(-c2ccccc2)sc1NC(=O)COC(=O)c1cccc(SC)c1. The number of benzene rings is 2. The Bertz CT molecular complexity index is 1080. The second-order valence-electron chi connectivity index (χ2n) is 6.30. The molecule has 1 aromatic heterocycles. The van der Waals surface area contributed by atoms with Crippen molar-refractivity contribution in [3.05, 3.63) is 71.8 Å². The number of thioether (sulfide) groups is 1. The van der Waals surface area contributed by atoms with Gasteiger partial charge < -0.3 is 14.8 Å². The third-order valence-corrected chi connectivity index (χ3v) is 6.00. The van der Waals surface area contributed by atoms with Crippen LogP contribution < -0.4 is 5.32 Å². The number of hydrogen-bond donors (Lipinski definition) is 1. The monoisotopic (exact) mass is 455 g/mol. The summed E-state index contributed by atoms with van der Waals surface area (Å²) in [5.41, 5.74) is 1.55. The molecule has 0 radical (unpaired) electrons. The number of ether oxygens (including phenoxy) is 2. The summed E-state index contributed by atoms with van der Waals surface area (Å²) in [6.45, 7) is 1.46. The Labute approximate surface area is 188 Å². The maximum atomic E-state index is 12.4. The third kappa shape index (κ3) is 5.96. The van der Waals surface area contributed by atoms with Crippen molar-refractivity contribution in [1.82, 2.24) is 0 Å². The van der Waals surface area contributed by atoms with Crippen molar-refractivity contribution in [3.63, 3.8) is 0 Å². The van der Waals surface area contributed by atoms with Crippen molar-refractivity contribution in [1.29, 1.82) is 0 Å². The van der Waals surface area contributed by atoms with E-state index in [2.05, 4.69) is 5.32 Å². The molecule has 6 nitrogen and oxygen atoms in total. The van der Waals surface area contributed by atoms with Crippen LogP contribution in [-0.2, 0) is 14.3 Å². The lowest BCUT2D eigenvalue weighted by molar-refractivity contribution is -0.119. The van der Waals surface area contributed by atoms with Crippen LogP contribution in [0.4, 0.5) is 5.00 Å². The summed E-state index contributed by atoms with van der Waals surface area (Å²) in [7, 11) is 0. The second-order valence-corrected chi connectivity index (χ2v) is 8.23. The molecule has 0 bridgehead atoms. The van der Waals surface area contributed by atoms with Gasteiger partial charge in [-0.1, -0.05) is 36.4 Å². The smallest absolute Gasteiger partial charge is 0.341 e. The van der Waals surface area contributed by atoms with E-state index in [9.17, 15) is 14.4 Å². The number of rotatable bonds is 8. The molecule has 1 N–H and O–H groups in total. The second kappa shape index (κ2) is 10.8. The Kier molecular flexibility index (Phi) is 7.86. The van der Waals surface area contributed by atoms with E-state index < -0.39 is 24.5 Å². The lowest BCUT2D eigenvalue weighted by atomic mass is 10.1. The molecule has 3 rings (SSSR count). The minimum Gasteiger partial charge on any atom is -0.462 e. The number of hydrogen-bond acceptors (Lipinski definition) is 7. The van der Waals surface area contributed by atoms with Crippen molar-refractivity contribution in [2.45, 2.75) is 11.8 Å². The van der Waals surface area contributed by atoms with E-state index in [1.807, 2.05) is 42.7 Å². The minimum absolute atomic E-state index is 0.218. The van der Waals surface area contributed by atoms with Crippen LogP contribution in [0, 0.1) is 0 Å². The largest absolute Gasteiger partial charge is 0.462 e. The Morgan fingerprint density at radius 3 is 2.45 bits per heavy atom. The van der Waals surface area contributed by atoms with Crippen molar-refractivity contribution in [2.75, 3.05) is 24.8 Å². The van der Waals surface area contributed by atoms with Crippen molar-refractivity contribution < 1.29 is 23.9 Å². The predicted molar refractivity (Wildman–Crippen MR) is 123 cm³/mol. The molecule has 0 spiro atoms. The number of esters is 2. The number of anilines is 1. The number of nitrogens with one attached hydrogen (secondary N) is 1. The van der Waals surface area contributed by atoms with Crippen LogP contribution >= 0.6 is 23.1 Å². The van der Waals surface area contributed by atoms with Gasteiger partial charge in [0.25, 0.3) is 5.91 Å². The number of amides is 1. The van der Waals surface area contributed by atoms with Crippen LogP contribution in [0.5, 0.6) is 0 Å². The number of carbonyl (C=O) groups excluding carboxylic acids is 3. The van der Waals surface area contributed by atoms with Gasteiger partial charge >= 0.3 is 11.9 Å². The van der Waals surface area contributed by atoms with Gasteiger partial charge in [0.2, 0.25) is 0 Å². The summed E-state index contributed by atoms with van der Waals surface area (Å²) in [6, 6.07) is 18.2. The van der Waals surface area contributed by atoms with E-state index in [0.29, 0.717) is 10.6 Å². The fourth-order valence-corrected chi connectivity index (χ4v) is 4.24. The Morgan fingerprint density at radius 1 is 0.968 bits per heavy atom. The molecule has 0 unspecified atom stereocenters.